The van der Waals surface area contributed by atoms with E-state index in [0.29, 0.717) is 27.6 Å². The third-order valence-corrected chi connectivity index (χ3v) is 6.50. The minimum absolute atomic E-state index is 0.00889. The smallest absolute Gasteiger partial charge is 0.241 e. The van der Waals surface area contributed by atoms with Gasteiger partial charge in [0.2, 0.25) is 10.0 Å². The first-order valence-electron chi connectivity index (χ1n) is 6.80. The van der Waals surface area contributed by atoms with E-state index < -0.39 is 10.0 Å². The van der Waals surface area contributed by atoms with Crippen LogP contribution in [0.3, 0.4) is 0 Å². The van der Waals surface area contributed by atoms with Gasteiger partial charge in [-0.15, -0.1) is 0 Å². The lowest BCUT2D eigenvalue weighted by Gasteiger charge is -2.20. The molecule has 0 spiro atoms. The summed E-state index contributed by atoms with van der Waals surface area (Å²) in [6.07, 6.45) is 1.96. The fourth-order valence-electron chi connectivity index (χ4n) is 2.75. The molecule has 0 aliphatic heterocycles. The van der Waals surface area contributed by atoms with E-state index >= 15 is 0 Å². The van der Waals surface area contributed by atoms with Gasteiger partial charge < -0.3 is 5.73 Å². The minimum Gasteiger partial charge on any atom is -0.398 e. The van der Waals surface area contributed by atoms with E-state index in [-0.39, 0.29) is 10.9 Å². The molecule has 20 heavy (non-hydrogen) atoms. The molecule has 0 radical (unpaired) electrons. The molecule has 2 rings (SSSR count). The molecule has 1 aromatic carbocycles. The number of anilines is 1. The van der Waals surface area contributed by atoms with E-state index in [1.54, 1.807) is 19.1 Å². The second kappa shape index (κ2) is 5.66. The van der Waals surface area contributed by atoms with E-state index in [1.165, 1.54) is 0 Å². The van der Waals surface area contributed by atoms with Gasteiger partial charge in [-0.05, 0) is 49.3 Å². The summed E-state index contributed by atoms with van der Waals surface area (Å²) in [6, 6.07) is 3.33. The van der Waals surface area contributed by atoms with E-state index in [0.717, 1.165) is 12.8 Å². The minimum atomic E-state index is -3.54. The molecule has 112 valence electrons. The van der Waals surface area contributed by atoms with Crippen molar-refractivity contribution in [1.29, 1.82) is 0 Å². The van der Waals surface area contributed by atoms with Crippen molar-refractivity contribution in [3.8, 4) is 0 Å². The van der Waals surface area contributed by atoms with Gasteiger partial charge in [0.05, 0.1) is 4.90 Å². The molecule has 3 atom stereocenters. The lowest BCUT2D eigenvalue weighted by molar-refractivity contribution is 0.402. The number of sulfonamides is 1. The lowest BCUT2D eigenvalue weighted by Crippen LogP contribution is -2.37. The van der Waals surface area contributed by atoms with E-state index in [2.05, 4.69) is 34.5 Å². The van der Waals surface area contributed by atoms with Crippen LogP contribution >= 0.6 is 15.9 Å². The van der Waals surface area contributed by atoms with Crippen molar-refractivity contribution < 1.29 is 8.42 Å². The maximum atomic E-state index is 12.6. The van der Waals surface area contributed by atoms with Crippen molar-refractivity contribution in [3.05, 3.63) is 22.2 Å². The summed E-state index contributed by atoms with van der Waals surface area (Å²) in [5, 5.41) is 0. The monoisotopic (exact) mass is 360 g/mol. The molecule has 1 fully saturated rings. The van der Waals surface area contributed by atoms with Gasteiger partial charge in [0, 0.05) is 16.2 Å². The highest BCUT2D eigenvalue weighted by Crippen LogP contribution is 2.33. The number of halogens is 1. The first-order chi connectivity index (χ1) is 9.22. The van der Waals surface area contributed by atoms with Crippen LogP contribution in [0.1, 0.15) is 32.3 Å². The second-order valence-electron chi connectivity index (χ2n) is 5.76. The van der Waals surface area contributed by atoms with E-state index in [4.69, 9.17) is 5.73 Å². The summed E-state index contributed by atoms with van der Waals surface area (Å²) in [4.78, 5) is 0.260. The number of nitrogens with two attached hydrogens (primary N) is 1. The van der Waals surface area contributed by atoms with Gasteiger partial charge in [0.25, 0.3) is 0 Å². The Bertz CT molecular complexity index is 616. The maximum Gasteiger partial charge on any atom is 0.241 e. The van der Waals surface area contributed by atoms with Crippen molar-refractivity contribution in [2.45, 2.75) is 44.6 Å². The van der Waals surface area contributed by atoms with Crippen LogP contribution in [-0.2, 0) is 10.0 Å². The Balaban J connectivity index is 2.32. The zero-order valence-corrected chi connectivity index (χ0v) is 14.4. The Morgan fingerprint density at radius 2 is 1.95 bits per heavy atom. The standard InChI is InChI=1S/C14H21BrN2O2S/c1-8-4-5-13(9(8)2)17-20(18,19)14-7-11(15)6-12(16)10(14)3/h6-9,13,17H,4-5,16H2,1-3H3. The Kier molecular flexibility index (Phi) is 4.47. The third kappa shape index (κ3) is 3.02. The molecule has 3 unspecified atom stereocenters. The molecule has 1 aliphatic carbocycles. The molecule has 0 aromatic heterocycles. The number of benzene rings is 1. The summed E-state index contributed by atoms with van der Waals surface area (Å²) >= 11 is 3.30. The Morgan fingerprint density at radius 1 is 1.30 bits per heavy atom. The normalized spacial score (nSPS) is 26.9. The number of hydrogen-bond acceptors (Lipinski definition) is 3. The molecule has 1 aliphatic rings. The molecule has 0 saturated heterocycles. The van der Waals surface area contributed by atoms with Crippen LogP contribution in [0.15, 0.2) is 21.5 Å². The fraction of sp³-hybridized carbons (Fsp3) is 0.571. The average molecular weight is 361 g/mol. The molecule has 1 saturated carbocycles. The van der Waals surface area contributed by atoms with Gasteiger partial charge in [-0.2, -0.15) is 0 Å². The second-order valence-corrected chi connectivity index (χ2v) is 8.36. The molecular weight excluding hydrogens is 340 g/mol. The van der Waals surface area contributed by atoms with Gasteiger partial charge in [-0.1, -0.05) is 29.8 Å². The van der Waals surface area contributed by atoms with Crippen molar-refractivity contribution in [2.75, 3.05) is 5.73 Å². The van der Waals surface area contributed by atoms with Crippen LogP contribution < -0.4 is 10.5 Å². The highest BCUT2D eigenvalue weighted by Gasteiger charge is 2.33. The Hall–Kier alpha value is -0.590. The summed E-state index contributed by atoms with van der Waals surface area (Å²) < 4.78 is 28.7. The van der Waals surface area contributed by atoms with Crippen molar-refractivity contribution >= 4 is 31.6 Å². The highest BCUT2D eigenvalue weighted by molar-refractivity contribution is 9.10. The Labute approximate surface area is 129 Å². The molecule has 6 heteroatoms. The predicted octanol–water partition coefficient (Wildman–Crippen LogP) is 3.05. The number of hydrogen-bond donors (Lipinski definition) is 2. The zero-order valence-electron chi connectivity index (χ0n) is 12.0. The van der Waals surface area contributed by atoms with E-state index in [1.807, 2.05) is 0 Å². The van der Waals surface area contributed by atoms with Gasteiger partial charge in [-0.3, -0.25) is 0 Å². The SMILES string of the molecule is Cc1c(N)cc(Br)cc1S(=O)(=O)NC1CCC(C)C1C. The van der Waals surface area contributed by atoms with Crippen LogP contribution in [0.2, 0.25) is 0 Å². The number of rotatable bonds is 3. The van der Waals surface area contributed by atoms with E-state index in [9.17, 15) is 8.42 Å². The van der Waals surface area contributed by atoms with Gasteiger partial charge in [-0.25, -0.2) is 13.1 Å². The number of nitrogens with one attached hydrogen (secondary N) is 1. The molecule has 1 aromatic rings. The zero-order chi connectivity index (χ0) is 15.1. The molecule has 0 amide bonds. The maximum absolute atomic E-state index is 12.6. The van der Waals surface area contributed by atoms with Crippen LogP contribution in [0.5, 0.6) is 0 Å². The van der Waals surface area contributed by atoms with Crippen LogP contribution in [0.4, 0.5) is 5.69 Å². The molecular formula is C14H21BrN2O2S. The molecule has 0 bridgehead atoms. The average Bonchev–Trinajstić information content (AvgIpc) is 2.65. The number of nitrogen functional groups attached to an aromatic ring is 1. The lowest BCUT2D eigenvalue weighted by atomic mass is 9.98. The molecule has 0 heterocycles. The first-order valence-corrected chi connectivity index (χ1v) is 9.08. The summed E-state index contributed by atoms with van der Waals surface area (Å²) in [5.74, 6) is 0.908. The largest absolute Gasteiger partial charge is 0.398 e. The topological polar surface area (TPSA) is 72.2 Å². The summed E-state index contributed by atoms with van der Waals surface area (Å²) in [6.45, 7) is 6.01. The highest BCUT2D eigenvalue weighted by atomic mass is 79.9. The summed E-state index contributed by atoms with van der Waals surface area (Å²) in [7, 11) is -3.54. The van der Waals surface area contributed by atoms with Crippen LogP contribution in [0.25, 0.3) is 0 Å². The first kappa shape index (κ1) is 15.8. The van der Waals surface area contributed by atoms with Gasteiger partial charge in [0.1, 0.15) is 0 Å². The van der Waals surface area contributed by atoms with Gasteiger partial charge in [0.15, 0.2) is 0 Å². The Morgan fingerprint density at radius 3 is 2.50 bits per heavy atom. The third-order valence-electron chi connectivity index (χ3n) is 4.43. The quantitative estimate of drug-likeness (QED) is 0.813. The molecule has 3 N–H and O–H groups in total. The molecule has 4 nitrogen and oxygen atoms in total. The van der Waals surface area contributed by atoms with Crippen LogP contribution in [0, 0.1) is 18.8 Å². The van der Waals surface area contributed by atoms with Crippen molar-refractivity contribution in [3.63, 3.8) is 0 Å². The predicted molar refractivity (Wildman–Crippen MR) is 85.0 cm³/mol. The van der Waals surface area contributed by atoms with Crippen molar-refractivity contribution in [1.82, 2.24) is 4.72 Å². The summed E-state index contributed by atoms with van der Waals surface area (Å²) in [5.41, 5.74) is 6.93. The fourth-order valence-corrected chi connectivity index (χ4v) is 5.04. The van der Waals surface area contributed by atoms with Crippen LogP contribution in [-0.4, -0.2) is 14.5 Å². The van der Waals surface area contributed by atoms with Crippen molar-refractivity contribution in [2.24, 2.45) is 11.8 Å². The van der Waals surface area contributed by atoms with Gasteiger partial charge >= 0.3 is 0 Å².